The van der Waals surface area contributed by atoms with Crippen molar-refractivity contribution >= 4 is 81.6 Å². The van der Waals surface area contributed by atoms with Crippen LogP contribution in [0, 0.1) is 0 Å². The van der Waals surface area contributed by atoms with Gasteiger partial charge in [0.2, 0.25) is 10.6 Å². The van der Waals surface area contributed by atoms with Crippen molar-refractivity contribution in [3.8, 4) is 0 Å². The van der Waals surface area contributed by atoms with Crippen LogP contribution in [0.15, 0.2) is 60.7 Å². The zero-order chi connectivity index (χ0) is 29.7. The predicted octanol–water partition coefficient (Wildman–Crippen LogP) is 3.46. The monoisotopic (exact) mass is 688 g/mol. The molecule has 42 heavy (non-hydrogen) atoms. The van der Waals surface area contributed by atoms with Crippen molar-refractivity contribution in [2.45, 2.75) is 12.4 Å². The summed E-state index contributed by atoms with van der Waals surface area (Å²) in [4.78, 5) is 62.3. The number of rotatable bonds is 3. The van der Waals surface area contributed by atoms with E-state index < -0.39 is 11.8 Å². The summed E-state index contributed by atoms with van der Waals surface area (Å²) >= 11 is 27.9. The van der Waals surface area contributed by atoms with E-state index in [0.29, 0.717) is 44.7 Å². The molecule has 0 saturated carbocycles. The minimum absolute atomic E-state index is 0. The maximum Gasteiger partial charge on any atom is 1.00 e. The van der Waals surface area contributed by atoms with Gasteiger partial charge in [-0.1, -0.05) is 59.6 Å². The average Bonchev–Trinajstić information content (AvgIpc) is 3.36. The first-order valence-corrected chi connectivity index (χ1v) is 13.4. The number of nitrogens with zero attached hydrogens (tertiary/aromatic N) is 6. The summed E-state index contributed by atoms with van der Waals surface area (Å²) < 4.78 is 0. The Balaban J connectivity index is 0.000000187. The molecule has 0 radical (unpaired) electrons. The van der Waals surface area contributed by atoms with Crippen molar-refractivity contribution in [2.24, 2.45) is 0 Å². The van der Waals surface area contributed by atoms with Crippen LogP contribution in [0.1, 0.15) is 52.8 Å². The molecule has 2 aromatic carbocycles. The second-order valence-corrected chi connectivity index (χ2v) is 9.76. The zero-order valence-electron chi connectivity index (χ0n) is 21.4. The Morgan fingerprint density at radius 1 is 0.619 bits per heavy atom. The van der Waals surface area contributed by atoms with Crippen molar-refractivity contribution in [3.05, 3.63) is 120 Å². The van der Waals surface area contributed by atoms with E-state index in [0.717, 1.165) is 4.90 Å². The number of aromatic nitrogens is 4. The molecular weight excluding hydrogens is 677 g/mol. The summed E-state index contributed by atoms with van der Waals surface area (Å²) in [5, 5.41) is 3.86. The minimum Gasteiger partial charge on any atom is -0.587 e. The van der Waals surface area contributed by atoms with Gasteiger partial charge >= 0.3 is 51.4 Å². The Hall–Kier alpha value is -2.03. The molecule has 4 heterocycles. The molecule has 16 heteroatoms. The summed E-state index contributed by atoms with van der Waals surface area (Å²) in [5.74, 6) is -1.26. The number of hydrogen-bond acceptors (Lipinski definition) is 8. The molecule has 0 spiro atoms. The number of hydrogen-bond donors (Lipinski definition) is 0. The topological polar surface area (TPSA) is 137 Å². The van der Waals surface area contributed by atoms with E-state index in [-0.39, 0.29) is 85.5 Å². The molecular formula is C26H14Cl5KN6O4. The van der Waals surface area contributed by atoms with Gasteiger partial charge in [-0.15, -0.1) is 11.6 Å². The van der Waals surface area contributed by atoms with Gasteiger partial charge in [0.05, 0.1) is 46.8 Å². The molecule has 6 rings (SSSR count). The van der Waals surface area contributed by atoms with Crippen LogP contribution in [0.3, 0.4) is 0 Å². The third kappa shape index (κ3) is 8.53. The van der Waals surface area contributed by atoms with Crippen molar-refractivity contribution in [1.29, 1.82) is 0 Å². The number of imide groups is 2. The van der Waals surface area contributed by atoms with Crippen molar-refractivity contribution in [2.75, 3.05) is 0 Å². The molecule has 4 amide bonds. The molecule has 2 aliphatic heterocycles. The molecule has 0 atom stereocenters. The van der Waals surface area contributed by atoms with Gasteiger partial charge in [-0.3, -0.25) is 14.5 Å². The summed E-state index contributed by atoms with van der Waals surface area (Å²) in [6.07, 6.45) is 0. The summed E-state index contributed by atoms with van der Waals surface area (Å²) in [6, 6.07) is 16.3. The zero-order valence-corrected chi connectivity index (χ0v) is 28.3. The van der Waals surface area contributed by atoms with Gasteiger partial charge in [-0.2, -0.15) is 0 Å². The number of halogens is 5. The van der Waals surface area contributed by atoms with E-state index in [1.807, 2.05) is 0 Å². The largest absolute Gasteiger partial charge is 1.00 e. The number of carbonyl (C=O) groups is 4. The summed E-state index contributed by atoms with van der Waals surface area (Å²) in [5.41, 5.74) is 2.65. The van der Waals surface area contributed by atoms with Gasteiger partial charge in [-0.05, 0) is 47.5 Å². The molecule has 2 aromatic heterocycles. The van der Waals surface area contributed by atoms with Crippen LogP contribution in [0.2, 0.25) is 20.9 Å². The first-order valence-electron chi connectivity index (χ1n) is 11.4. The van der Waals surface area contributed by atoms with Crippen LogP contribution < -0.4 is 51.4 Å². The van der Waals surface area contributed by atoms with Gasteiger partial charge in [0.1, 0.15) is 10.3 Å². The van der Waals surface area contributed by atoms with Crippen molar-refractivity contribution in [3.63, 3.8) is 0 Å². The number of alkyl halides is 1. The maximum atomic E-state index is 12.2. The predicted molar refractivity (Wildman–Crippen MR) is 153 cm³/mol. The SMILES string of the molecule is ClCc1cc(Cl)nc(Cl)n1.O=C1[N-]C(=O)c2ccccc21.O=C1c2ccccc2C(=O)N1Cc1cc(Cl)nc(Cl)n1.[K+]. The third-order valence-electron chi connectivity index (χ3n) is 5.37. The number of amides is 4. The van der Waals surface area contributed by atoms with Crippen LogP contribution in [-0.2, 0) is 12.4 Å². The van der Waals surface area contributed by atoms with Crippen molar-refractivity contribution in [1.82, 2.24) is 24.8 Å². The van der Waals surface area contributed by atoms with E-state index in [1.54, 1.807) is 54.6 Å². The first-order chi connectivity index (χ1) is 19.6. The third-order valence-corrected chi connectivity index (χ3v) is 6.37. The molecule has 0 fully saturated rings. The number of carbonyl (C=O) groups excluding carboxylic acids is 4. The fourth-order valence-corrected chi connectivity index (χ4v) is 4.66. The summed E-state index contributed by atoms with van der Waals surface area (Å²) in [7, 11) is 0. The molecule has 0 aliphatic carbocycles. The van der Waals surface area contributed by atoms with E-state index in [4.69, 9.17) is 58.0 Å². The Bertz CT molecular complexity index is 1580. The maximum absolute atomic E-state index is 12.2. The normalized spacial score (nSPS) is 12.7. The smallest absolute Gasteiger partial charge is 0.587 e. The van der Waals surface area contributed by atoms with Crippen molar-refractivity contribution < 1.29 is 70.6 Å². The molecule has 4 aromatic rings. The second-order valence-electron chi connectivity index (χ2n) is 8.05. The fraction of sp³-hybridized carbons (Fsp3) is 0.0769. The molecule has 10 nitrogen and oxygen atoms in total. The molecule has 0 saturated heterocycles. The molecule has 0 bridgehead atoms. The Labute approximate surface area is 306 Å². The minimum atomic E-state index is -0.425. The van der Waals surface area contributed by atoms with E-state index in [9.17, 15) is 19.2 Å². The molecule has 0 unspecified atom stereocenters. The van der Waals surface area contributed by atoms with Gasteiger partial charge in [0.15, 0.2) is 0 Å². The number of benzene rings is 2. The van der Waals surface area contributed by atoms with E-state index in [1.165, 1.54) is 6.07 Å². The Morgan fingerprint density at radius 2 is 1.02 bits per heavy atom. The van der Waals surface area contributed by atoms with Crippen LogP contribution in [-0.4, -0.2) is 48.5 Å². The van der Waals surface area contributed by atoms with Crippen LogP contribution >= 0.6 is 58.0 Å². The Kier molecular flexibility index (Phi) is 12.8. The van der Waals surface area contributed by atoms with Gasteiger partial charge in [0.25, 0.3) is 11.8 Å². The van der Waals surface area contributed by atoms with Gasteiger partial charge in [0, 0.05) is 11.1 Å². The molecule has 0 N–H and O–H groups in total. The van der Waals surface area contributed by atoms with E-state index >= 15 is 0 Å². The average molecular weight is 691 g/mol. The standard InChI is InChI=1S/C13H7Cl2N3O2.C8H5NO2.C5H3Cl3N2.K/c14-10-5-7(16-13(15)17-10)6-18-11(19)8-3-1-2-4-9(8)12(18)20;10-7-5-3-1-2-4-6(5)8(11)9-7;6-2-3-1-4(7)10-5(8)9-3;/h1-5H,6H2;1-4H,(H,9,10,11);1H,2H2;/q;;;+1/p-1. The fourth-order valence-electron chi connectivity index (χ4n) is 3.63. The van der Waals surface area contributed by atoms with Gasteiger partial charge < -0.3 is 14.9 Å². The van der Waals surface area contributed by atoms with Crippen LogP contribution in [0.25, 0.3) is 5.32 Å². The Morgan fingerprint density at radius 3 is 1.45 bits per heavy atom. The molecule has 2 aliphatic rings. The van der Waals surface area contributed by atoms with Crippen LogP contribution in [0.4, 0.5) is 0 Å². The van der Waals surface area contributed by atoms with Crippen LogP contribution in [0.5, 0.6) is 0 Å². The van der Waals surface area contributed by atoms with Gasteiger partial charge in [-0.25, -0.2) is 19.9 Å². The molecule has 208 valence electrons. The quantitative estimate of drug-likeness (QED) is 0.105. The second kappa shape index (κ2) is 15.6. The number of fused-ring (bicyclic) bond motifs is 2. The van der Waals surface area contributed by atoms with E-state index in [2.05, 4.69) is 25.3 Å². The summed E-state index contributed by atoms with van der Waals surface area (Å²) in [6.45, 7) is 0.00824. The first kappa shape index (κ1) is 34.5.